The van der Waals surface area contributed by atoms with Crippen LogP contribution in [0.15, 0.2) is 54.1 Å². The molecule has 170 valence electrons. The maximum Gasteiger partial charge on any atom is 0.233 e. The fourth-order valence-corrected chi connectivity index (χ4v) is 8.37. The molecule has 0 unspecified atom stereocenters. The number of allylic oxidation sites excluding steroid dienone is 3. The van der Waals surface area contributed by atoms with Gasteiger partial charge in [0.1, 0.15) is 0 Å². The molecule has 0 aromatic heterocycles. The van der Waals surface area contributed by atoms with Gasteiger partial charge in [0.15, 0.2) is 0 Å². The van der Waals surface area contributed by atoms with Gasteiger partial charge in [-0.25, -0.2) is 0 Å². The van der Waals surface area contributed by atoms with Gasteiger partial charge in [-0.2, -0.15) is 0 Å². The van der Waals surface area contributed by atoms with Gasteiger partial charge >= 0.3 is 0 Å². The minimum atomic E-state index is -0.866. The van der Waals surface area contributed by atoms with Crippen molar-refractivity contribution in [1.82, 2.24) is 0 Å². The van der Waals surface area contributed by atoms with Crippen molar-refractivity contribution >= 4 is 0 Å². The first kappa shape index (κ1) is 20.0. The number of hydrogen-bond acceptors (Lipinski definition) is 4. The second kappa shape index (κ2) is 7.27. The van der Waals surface area contributed by atoms with Crippen molar-refractivity contribution in [1.29, 1.82) is 0 Å². The normalized spacial score (nSPS) is 46.8. The molecular formula is C28H34O4. The minimum absolute atomic E-state index is 0.281. The van der Waals surface area contributed by atoms with Gasteiger partial charge in [-0.1, -0.05) is 60.6 Å². The number of hydrogen-bond donors (Lipinski definition) is 0. The van der Waals surface area contributed by atoms with Crippen molar-refractivity contribution in [3.05, 3.63) is 59.7 Å². The van der Waals surface area contributed by atoms with Gasteiger partial charge in [0.2, 0.25) is 11.6 Å². The standard InChI is InChI=1S/C28H34O4/c1-2-6-20(7-3-1)18-26-13-12-23-22-9-5-4-8-21(22)10-11-24(23)25(26)19-27-28(26,31-16-14-29-27)32-17-15-30-27/h1-3,6-7,10,12-13,22-25H,4-5,8-9,11,14-19H2/t22-,23+,24+,25-,26+,27?,28?/m0/s1. The summed E-state index contributed by atoms with van der Waals surface area (Å²) in [5.74, 6) is 0.686. The molecule has 4 aliphatic carbocycles. The molecule has 2 aliphatic heterocycles. The molecule has 4 nitrogen and oxygen atoms in total. The Hall–Kier alpha value is -1.46. The van der Waals surface area contributed by atoms with Gasteiger partial charge < -0.3 is 18.9 Å². The molecule has 2 heterocycles. The van der Waals surface area contributed by atoms with Crippen LogP contribution in [0.3, 0.4) is 0 Å². The lowest BCUT2D eigenvalue weighted by atomic mass is 9.54. The Morgan fingerprint density at radius 1 is 0.906 bits per heavy atom. The molecular weight excluding hydrogens is 400 g/mol. The van der Waals surface area contributed by atoms with E-state index in [1.165, 1.54) is 31.2 Å². The average Bonchev–Trinajstić information content (AvgIpc) is 3.12. The SMILES string of the molecule is C1=C[C@@]2(Cc3ccccc3)[C@@H](CC34OCCOC32OCCO4)[C@@H]2CC=C3CCCC[C@@H]3[C@@H]12. The molecule has 4 heteroatoms. The van der Waals surface area contributed by atoms with Crippen molar-refractivity contribution in [3.8, 4) is 0 Å². The van der Waals surface area contributed by atoms with Gasteiger partial charge in [-0.15, -0.1) is 0 Å². The molecule has 1 aromatic carbocycles. The molecule has 4 fully saturated rings. The number of fused-ring (bicyclic) bond motifs is 5. The first-order valence-corrected chi connectivity index (χ1v) is 12.8. The van der Waals surface area contributed by atoms with Crippen LogP contribution in [-0.4, -0.2) is 38.0 Å². The fourth-order valence-electron chi connectivity index (χ4n) is 8.37. The predicted octanol–water partition coefficient (Wildman–Crippen LogP) is 5.04. The molecule has 0 bridgehead atoms. The summed E-state index contributed by atoms with van der Waals surface area (Å²) in [5, 5.41) is 0. The van der Waals surface area contributed by atoms with Gasteiger partial charge in [0.05, 0.1) is 31.8 Å². The molecule has 6 aliphatic rings. The van der Waals surface area contributed by atoms with Crippen LogP contribution >= 0.6 is 0 Å². The Kier molecular flexibility index (Phi) is 4.53. The van der Waals surface area contributed by atoms with Crippen LogP contribution in [0, 0.1) is 29.1 Å². The van der Waals surface area contributed by atoms with Crippen LogP contribution < -0.4 is 0 Å². The quantitative estimate of drug-likeness (QED) is 0.611. The maximum absolute atomic E-state index is 6.68. The fraction of sp³-hybridized carbons (Fsp3) is 0.643. The van der Waals surface area contributed by atoms with Gasteiger partial charge in [-0.05, 0) is 61.3 Å². The van der Waals surface area contributed by atoms with Crippen LogP contribution in [-0.2, 0) is 25.4 Å². The first-order chi connectivity index (χ1) is 15.8. The molecule has 0 spiro atoms. The van der Waals surface area contributed by atoms with Crippen LogP contribution in [0.5, 0.6) is 0 Å². The van der Waals surface area contributed by atoms with Crippen molar-refractivity contribution < 1.29 is 18.9 Å². The second-order valence-electron chi connectivity index (χ2n) is 10.7. The van der Waals surface area contributed by atoms with E-state index in [2.05, 4.69) is 48.6 Å². The molecule has 0 amide bonds. The van der Waals surface area contributed by atoms with E-state index in [4.69, 9.17) is 18.9 Å². The Morgan fingerprint density at radius 2 is 1.69 bits per heavy atom. The largest absolute Gasteiger partial charge is 0.343 e. The summed E-state index contributed by atoms with van der Waals surface area (Å²) in [6.45, 7) is 2.26. The predicted molar refractivity (Wildman–Crippen MR) is 121 cm³/mol. The van der Waals surface area contributed by atoms with E-state index >= 15 is 0 Å². The lowest BCUT2D eigenvalue weighted by molar-refractivity contribution is -0.470. The zero-order chi connectivity index (χ0) is 21.2. The lowest BCUT2D eigenvalue weighted by Crippen LogP contribution is -2.70. The summed E-state index contributed by atoms with van der Waals surface area (Å²) >= 11 is 0. The van der Waals surface area contributed by atoms with E-state index in [-0.39, 0.29) is 5.41 Å². The van der Waals surface area contributed by atoms with Crippen LogP contribution in [0.25, 0.3) is 0 Å². The van der Waals surface area contributed by atoms with E-state index in [0.29, 0.717) is 44.2 Å². The third kappa shape index (κ3) is 2.53. The van der Waals surface area contributed by atoms with Crippen molar-refractivity contribution in [2.45, 2.75) is 56.5 Å². The Labute approximate surface area is 191 Å². The monoisotopic (exact) mass is 434 g/mol. The van der Waals surface area contributed by atoms with E-state index in [9.17, 15) is 0 Å². The summed E-state index contributed by atoms with van der Waals surface area (Å²) in [5.41, 5.74) is 2.77. The third-order valence-electron chi connectivity index (χ3n) is 9.50. The molecule has 2 saturated heterocycles. The van der Waals surface area contributed by atoms with Crippen LogP contribution in [0.2, 0.25) is 0 Å². The molecule has 7 rings (SSSR count). The Bertz CT molecular complexity index is 924. The first-order valence-electron chi connectivity index (χ1n) is 12.8. The lowest BCUT2D eigenvalue weighted by Gasteiger charge is -2.57. The molecule has 5 atom stereocenters. The van der Waals surface area contributed by atoms with Gasteiger partial charge in [-0.3, -0.25) is 0 Å². The Morgan fingerprint density at radius 3 is 2.50 bits per heavy atom. The van der Waals surface area contributed by atoms with Crippen molar-refractivity contribution in [2.75, 3.05) is 26.4 Å². The van der Waals surface area contributed by atoms with Gasteiger partial charge in [0.25, 0.3) is 0 Å². The number of ether oxygens (including phenoxy) is 4. The zero-order valence-corrected chi connectivity index (χ0v) is 18.8. The van der Waals surface area contributed by atoms with Crippen molar-refractivity contribution in [3.63, 3.8) is 0 Å². The summed E-state index contributed by atoms with van der Waals surface area (Å²) in [6, 6.07) is 10.9. The minimum Gasteiger partial charge on any atom is -0.343 e. The molecule has 32 heavy (non-hydrogen) atoms. The van der Waals surface area contributed by atoms with Gasteiger partial charge in [0, 0.05) is 6.42 Å². The zero-order valence-electron chi connectivity index (χ0n) is 18.8. The summed E-state index contributed by atoms with van der Waals surface area (Å²) in [6.07, 6.45) is 16.0. The molecule has 1 aromatic rings. The second-order valence-corrected chi connectivity index (χ2v) is 10.7. The molecule has 0 radical (unpaired) electrons. The van der Waals surface area contributed by atoms with E-state index in [1.807, 2.05) is 0 Å². The van der Waals surface area contributed by atoms with E-state index < -0.39 is 11.6 Å². The Balaban J connectivity index is 1.38. The highest BCUT2D eigenvalue weighted by atomic mass is 16.8. The third-order valence-corrected chi connectivity index (χ3v) is 9.50. The topological polar surface area (TPSA) is 36.9 Å². The molecule has 2 saturated carbocycles. The smallest absolute Gasteiger partial charge is 0.233 e. The van der Waals surface area contributed by atoms with Crippen LogP contribution in [0.1, 0.15) is 44.1 Å². The van der Waals surface area contributed by atoms with Crippen molar-refractivity contribution in [2.24, 2.45) is 29.1 Å². The maximum atomic E-state index is 6.68. The average molecular weight is 435 g/mol. The van der Waals surface area contributed by atoms with E-state index in [1.54, 1.807) is 5.57 Å². The highest BCUT2D eigenvalue weighted by molar-refractivity contribution is 5.34. The number of rotatable bonds is 2. The highest BCUT2D eigenvalue weighted by Crippen LogP contribution is 2.69. The summed E-state index contributed by atoms with van der Waals surface area (Å²) in [4.78, 5) is 0. The summed E-state index contributed by atoms with van der Waals surface area (Å²) in [7, 11) is 0. The van der Waals surface area contributed by atoms with Crippen LogP contribution in [0.4, 0.5) is 0 Å². The molecule has 0 N–H and O–H groups in total. The number of benzene rings is 1. The van der Waals surface area contributed by atoms with E-state index in [0.717, 1.165) is 25.2 Å². The summed E-state index contributed by atoms with van der Waals surface area (Å²) < 4.78 is 26.4. The highest BCUT2D eigenvalue weighted by Gasteiger charge is 2.79.